The average Bonchev–Trinajstić information content (AvgIpc) is 2.28. The van der Waals surface area contributed by atoms with Crippen LogP contribution in [0.4, 0.5) is 0 Å². The highest BCUT2D eigenvalue weighted by atomic mass is 16.2. The van der Waals surface area contributed by atoms with E-state index in [2.05, 4.69) is 6.07 Å². The summed E-state index contributed by atoms with van der Waals surface area (Å²) in [6, 6.07) is 2.27. The van der Waals surface area contributed by atoms with Gasteiger partial charge in [0.1, 0.15) is 5.41 Å². The first-order valence-electron chi connectivity index (χ1n) is 6.24. The molecule has 3 heteroatoms. The van der Waals surface area contributed by atoms with Gasteiger partial charge in [0.2, 0.25) is 5.91 Å². The minimum absolute atomic E-state index is 0.000509. The van der Waals surface area contributed by atoms with E-state index in [1.54, 1.807) is 11.9 Å². The summed E-state index contributed by atoms with van der Waals surface area (Å²) in [5, 5.41) is 9.33. The third-order valence-corrected chi connectivity index (χ3v) is 2.88. The number of carbonyl (C=O) groups is 1. The number of hydrogen-bond donors (Lipinski definition) is 0. The fourth-order valence-electron chi connectivity index (χ4n) is 2.15. The molecule has 1 amide bonds. The molecule has 0 heterocycles. The van der Waals surface area contributed by atoms with Gasteiger partial charge in [-0.15, -0.1) is 0 Å². The Morgan fingerprint density at radius 2 is 1.69 bits per heavy atom. The van der Waals surface area contributed by atoms with E-state index in [9.17, 15) is 10.1 Å². The van der Waals surface area contributed by atoms with Gasteiger partial charge in [0, 0.05) is 13.6 Å². The Hall–Kier alpha value is -1.04. The quantitative estimate of drug-likeness (QED) is 0.667. The van der Waals surface area contributed by atoms with Gasteiger partial charge in [0.15, 0.2) is 0 Å². The number of carbonyl (C=O) groups excluding carboxylic acids is 1. The lowest BCUT2D eigenvalue weighted by Gasteiger charge is -2.29. The fraction of sp³-hybridized carbons (Fsp3) is 0.846. The van der Waals surface area contributed by atoms with E-state index in [-0.39, 0.29) is 5.91 Å². The Kier molecular flexibility index (Phi) is 6.80. The first-order valence-corrected chi connectivity index (χ1v) is 6.24. The van der Waals surface area contributed by atoms with E-state index in [1.165, 1.54) is 0 Å². The molecule has 0 atom stereocenters. The molecule has 0 aliphatic rings. The Labute approximate surface area is 99.4 Å². The zero-order chi connectivity index (χ0) is 12.6. The predicted octanol–water partition coefficient (Wildman–Crippen LogP) is 2.96. The Morgan fingerprint density at radius 3 is 2.00 bits per heavy atom. The molecular weight excluding hydrogens is 200 g/mol. The van der Waals surface area contributed by atoms with Gasteiger partial charge in [-0.05, 0) is 19.3 Å². The van der Waals surface area contributed by atoms with Gasteiger partial charge < -0.3 is 4.90 Å². The lowest BCUT2D eigenvalue weighted by Crippen LogP contribution is -2.41. The monoisotopic (exact) mass is 224 g/mol. The van der Waals surface area contributed by atoms with E-state index >= 15 is 0 Å². The van der Waals surface area contributed by atoms with Crippen molar-refractivity contribution in [3.05, 3.63) is 0 Å². The lowest BCUT2D eigenvalue weighted by molar-refractivity contribution is -0.138. The van der Waals surface area contributed by atoms with Crippen molar-refractivity contribution in [1.82, 2.24) is 4.90 Å². The summed E-state index contributed by atoms with van der Waals surface area (Å²) in [4.78, 5) is 14.0. The summed E-state index contributed by atoms with van der Waals surface area (Å²) in [5.74, 6) is 0.000509. The van der Waals surface area contributed by atoms with Crippen LogP contribution in [-0.4, -0.2) is 24.4 Å². The molecule has 0 N–H and O–H groups in total. The van der Waals surface area contributed by atoms with Gasteiger partial charge >= 0.3 is 0 Å². The number of amides is 1. The van der Waals surface area contributed by atoms with Crippen molar-refractivity contribution >= 4 is 5.91 Å². The minimum atomic E-state index is -0.784. The largest absolute Gasteiger partial charge is 0.344 e. The number of rotatable bonds is 7. The number of nitriles is 1. The van der Waals surface area contributed by atoms with Crippen LogP contribution in [-0.2, 0) is 4.79 Å². The standard InChI is InChI=1S/C13H24N2O/c1-5-8-13(11-14,9-6-2)12(16)15(4)10-7-3/h5-10H2,1-4H3. The highest BCUT2D eigenvalue weighted by Crippen LogP contribution is 2.31. The van der Waals surface area contributed by atoms with Gasteiger partial charge in [-0.1, -0.05) is 33.6 Å². The molecule has 0 fully saturated rings. The van der Waals surface area contributed by atoms with Crippen molar-refractivity contribution in [2.75, 3.05) is 13.6 Å². The number of hydrogen-bond acceptors (Lipinski definition) is 2. The molecule has 0 aliphatic carbocycles. The molecule has 0 radical (unpaired) electrons. The van der Waals surface area contributed by atoms with Gasteiger partial charge in [-0.3, -0.25) is 4.79 Å². The predicted molar refractivity (Wildman–Crippen MR) is 65.8 cm³/mol. The normalized spacial score (nSPS) is 10.9. The van der Waals surface area contributed by atoms with E-state index < -0.39 is 5.41 Å². The van der Waals surface area contributed by atoms with Crippen LogP contribution in [0.3, 0.4) is 0 Å². The Bertz CT molecular complexity index is 249. The van der Waals surface area contributed by atoms with Crippen LogP contribution in [0.2, 0.25) is 0 Å². The molecule has 0 aliphatic heterocycles. The fourth-order valence-corrected chi connectivity index (χ4v) is 2.15. The molecule has 0 aromatic rings. The maximum Gasteiger partial charge on any atom is 0.242 e. The van der Waals surface area contributed by atoms with Crippen LogP contribution in [0.1, 0.15) is 52.9 Å². The van der Waals surface area contributed by atoms with Gasteiger partial charge in [-0.25, -0.2) is 0 Å². The molecule has 92 valence electrons. The maximum absolute atomic E-state index is 12.3. The summed E-state index contributed by atoms with van der Waals surface area (Å²) in [7, 11) is 1.79. The first-order chi connectivity index (χ1) is 7.57. The topological polar surface area (TPSA) is 44.1 Å². The van der Waals surface area contributed by atoms with Gasteiger partial charge in [0.05, 0.1) is 6.07 Å². The van der Waals surface area contributed by atoms with Crippen molar-refractivity contribution in [1.29, 1.82) is 5.26 Å². The minimum Gasteiger partial charge on any atom is -0.344 e. The van der Waals surface area contributed by atoms with Crippen molar-refractivity contribution in [3.8, 4) is 6.07 Å². The van der Waals surface area contributed by atoms with E-state index in [1.807, 2.05) is 20.8 Å². The average molecular weight is 224 g/mol. The first kappa shape index (κ1) is 15.0. The van der Waals surface area contributed by atoms with Crippen LogP contribution in [0.25, 0.3) is 0 Å². The van der Waals surface area contributed by atoms with Crippen LogP contribution < -0.4 is 0 Å². The van der Waals surface area contributed by atoms with E-state index in [0.29, 0.717) is 12.8 Å². The molecule has 0 spiro atoms. The van der Waals surface area contributed by atoms with Crippen LogP contribution in [0.15, 0.2) is 0 Å². The third-order valence-electron chi connectivity index (χ3n) is 2.88. The van der Waals surface area contributed by atoms with Crippen molar-refractivity contribution in [3.63, 3.8) is 0 Å². The van der Waals surface area contributed by atoms with Crippen molar-refractivity contribution in [2.45, 2.75) is 52.9 Å². The third kappa shape index (κ3) is 3.52. The summed E-state index contributed by atoms with van der Waals surface area (Å²) in [6.07, 6.45) is 4.02. The summed E-state index contributed by atoms with van der Waals surface area (Å²) < 4.78 is 0. The SMILES string of the molecule is CCCN(C)C(=O)C(C#N)(CCC)CCC. The second-order valence-electron chi connectivity index (χ2n) is 4.42. The second-order valence-corrected chi connectivity index (χ2v) is 4.42. The van der Waals surface area contributed by atoms with Crippen molar-refractivity contribution in [2.24, 2.45) is 5.41 Å². The second kappa shape index (κ2) is 7.27. The van der Waals surface area contributed by atoms with Crippen molar-refractivity contribution < 1.29 is 4.79 Å². The van der Waals surface area contributed by atoms with Gasteiger partial charge in [0.25, 0.3) is 0 Å². The molecule has 0 rings (SSSR count). The highest BCUT2D eigenvalue weighted by Gasteiger charge is 2.38. The molecule has 16 heavy (non-hydrogen) atoms. The molecule has 0 unspecified atom stereocenters. The summed E-state index contributed by atoms with van der Waals surface area (Å²) in [6.45, 7) is 6.82. The maximum atomic E-state index is 12.3. The van der Waals surface area contributed by atoms with Crippen LogP contribution >= 0.6 is 0 Å². The molecule has 3 nitrogen and oxygen atoms in total. The lowest BCUT2D eigenvalue weighted by atomic mass is 9.79. The zero-order valence-electron chi connectivity index (χ0n) is 11.0. The van der Waals surface area contributed by atoms with Gasteiger partial charge in [-0.2, -0.15) is 5.26 Å². The molecule has 0 saturated heterocycles. The molecule has 0 saturated carbocycles. The smallest absolute Gasteiger partial charge is 0.242 e. The zero-order valence-corrected chi connectivity index (χ0v) is 11.0. The van der Waals surface area contributed by atoms with E-state index in [0.717, 1.165) is 25.8 Å². The number of nitrogens with zero attached hydrogens (tertiary/aromatic N) is 2. The Morgan fingerprint density at radius 1 is 1.19 bits per heavy atom. The molecule has 0 bridgehead atoms. The van der Waals surface area contributed by atoms with Crippen LogP contribution in [0.5, 0.6) is 0 Å². The molecule has 0 aromatic heterocycles. The van der Waals surface area contributed by atoms with E-state index in [4.69, 9.17) is 0 Å². The molecular formula is C13H24N2O. The molecule has 0 aromatic carbocycles. The highest BCUT2D eigenvalue weighted by molar-refractivity contribution is 5.85. The van der Waals surface area contributed by atoms with Crippen LogP contribution in [0, 0.1) is 16.7 Å². The summed E-state index contributed by atoms with van der Waals surface area (Å²) >= 11 is 0. The Balaban J connectivity index is 4.87. The summed E-state index contributed by atoms with van der Waals surface area (Å²) in [5.41, 5.74) is -0.784.